The van der Waals surface area contributed by atoms with Crippen molar-refractivity contribution in [1.82, 2.24) is 9.97 Å². The van der Waals surface area contributed by atoms with E-state index in [9.17, 15) is 10.2 Å². The molecule has 0 aliphatic rings. The van der Waals surface area contributed by atoms with Crippen LogP contribution in [0.5, 0.6) is 5.75 Å². The predicted octanol–water partition coefficient (Wildman–Crippen LogP) is 4.60. The number of rotatable bonds is 5. The molecule has 0 unspecified atom stereocenters. The summed E-state index contributed by atoms with van der Waals surface area (Å²) in [6.45, 7) is 1.90. The first-order valence-electron chi connectivity index (χ1n) is 8.64. The molecule has 0 spiro atoms. The van der Waals surface area contributed by atoms with Crippen LogP contribution in [0.2, 0.25) is 0 Å². The Morgan fingerprint density at radius 3 is 2.48 bits per heavy atom. The van der Waals surface area contributed by atoms with E-state index in [1.165, 1.54) is 6.33 Å². The fourth-order valence-corrected chi connectivity index (χ4v) is 3.99. The molecule has 0 radical (unpaired) electrons. The molecule has 0 aliphatic carbocycles. The first kappa shape index (κ1) is 17.5. The second-order valence-electron chi connectivity index (χ2n) is 6.39. The van der Waals surface area contributed by atoms with E-state index >= 15 is 0 Å². The van der Waals surface area contributed by atoms with Crippen molar-refractivity contribution in [3.8, 4) is 16.9 Å². The van der Waals surface area contributed by atoms with Crippen molar-refractivity contribution in [2.75, 3.05) is 5.32 Å². The molecule has 0 saturated carbocycles. The van der Waals surface area contributed by atoms with Gasteiger partial charge < -0.3 is 15.5 Å². The molecule has 6 heteroatoms. The molecule has 0 bridgehead atoms. The first-order valence-corrected chi connectivity index (χ1v) is 9.52. The Labute approximate surface area is 161 Å². The van der Waals surface area contributed by atoms with Gasteiger partial charge in [-0.25, -0.2) is 9.97 Å². The molecule has 0 amide bonds. The maximum absolute atomic E-state index is 10.7. The summed E-state index contributed by atoms with van der Waals surface area (Å²) in [5, 5.41) is 26.5. The lowest BCUT2D eigenvalue weighted by Gasteiger charge is -2.21. The van der Waals surface area contributed by atoms with Crippen molar-refractivity contribution in [3.63, 3.8) is 0 Å². The van der Waals surface area contributed by atoms with Gasteiger partial charge in [0.2, 0.25) is 0 Å². The number of fused-ring (bicyclic) bond motifs is 1. The number of thiophene rings is 1. The van der Waals surface area contributed by atoms with Crippen LogP contribution >= 0.6 is 11.3 Å². The van der Waals surface area contributed by atoms with Crippen molar-refractivity contribution in [1.29, 1.82) is 0 Å². The molecule has 136 valence electrons. The van der Waals surface area contributed by atoms with Gasteiger partial charge in [-0.05, 0) is 30.2 Å². The molecule has 2 aromatic carbocycles. The van der Waals surface area contributed by atoms with Gasteiger partial charge in [0.05, 0.1) is 17.5 Å². The summed E-state index contributed by atoms with van der Waals surface area (Å²) in [6, 6.07) is 16.4. The third-order valence-corrected chi connectivity index (χ3v) is 5.41. The number of hydrogen-bond donors (Lipinski definition) is 3. The molecule has 2 atom stereocenters. The number of phenols is 1. The number of benzene rings is 2. The molecular weight excluding hydrogens is 358 g/mol. The third kappa shape index (κ3) is 3.49. The number of aliphatic hydroxyl groups is 1. The number of anilines is 1. The molecule has 4 aromatic rings. The van der Waals surface area contributed by atoms with Crippen molar-refractivity contribution < 1.29 is 10.2 Å². The molecule has 2 aromatic heterocycles. The monoisotopic (exact) mass is 377 g/mol. The summed E-state index contributed by atoms with van der Waals surface area (Å²) < 4.78 is 0. The molecule has 4 rings (SSSR count). The van der Waals surface area contributed by atoms with Gasteiger partial charge in [-0.2, -0.15) is 0 Å². The number of aromatic hydroxyl groups is 1. The minimum absolute atomic E-state index is 0.176. The normalized spacial score (nSPS) is 13.4. The van der Waals surface area contributed by atoms with Crippen LogP contribution < -0.4 is 5.32 Å². The van der Waals surface area contributed by atoms with Gasteiger partial charge in [-0.3, -0.25) is 0 Å². The van der Waals surface area contributed by atoms with Crippen LogP contribution in [-0.4, -0.2) is 26.2 Å². The number of aliphatic hydroxyl groups excluding tert-OH is 1. The van der Waals surface area contributed by atoms with E-state index in [0.717, 1.165) is 26.9 Å². The minimum Gasteiger partial charge on any atom is -0.508 e. The number of aromatic nitrogens is 2. The summed E-state index contributed by atoms with van der Waals surface area (Å²) in [5.74, 6) is 0.875. The molecule has 3 N–H and O–H groups in total. The lowest BCUT2D eigenvalue weighted by atomic mass is 10.0. The molecule has 0 fully saturated rings. The van der Waals surface area contributed by atoms with Crippen molar-refractivity contribution >= 4 is 27.4 Å². The highest BCUT2D eigenvalue weighted by molar-refractivity contribution is 7.17. The van der Waals surface area contributed by atoms with Crippen LogP contribution in [0.1, 0.15) is 18.6 Å². The largest absolute Gasteiger partial charge is 0.508 e. The lowest BCUT2D eigenvalue weighted by Crippen LogP contribution is -2.24. The summed E-state index contributed by atoms with van der Waals surface area (Å²) in [6.07, 6.45) is 0.796. The van der Waals surface area contributed by atoms with E-state index in [-0.39, 0.29) is 11.8 Å². The van der Waals surface area contributed by atoms with Crippen LogP contribution in [0, 0.1) is 0 Å². The van der Waals surface area contributed by atoms with Crippen molar-refractivity contribution in [2.24, 2.45) is 0 Å². The van der Waals surface area contributed by atoms with E-state index < -0.39 is 6.10 Å². The SMILES string of the molecule is C[C@@H](Nc1ncnc2scc(-c3ccccc3)c12)[C@@H](O)c1ccc(O)cc1. The van der Waals surface area contributed by atoms with Gasteiger partial charge in [0, 0.05) is 10.9 Å². The second-order valence-corrected chi connectivity index (χ2v) is 7.25. The molecular formula is C21H19N3O2S. The van der Waals surface area contributed by atoms with E-state index in [0.29, 0.717) is 5.82 Å². The lowest BCUT2D eigenvalue weighted by molar-refractivity contribution is 0.160. The zero-order valence-electron chi connectivity index (χ0n) is 14.7. The van der Waals surface area contributed by atoms with Gasteiger partial charge in [0.25, 0.3) is 0 Å². The van der Waals surface area contributed by atoms with Gasteiger partial charge in [0.15, 0.2) is 0 Å². The topological polar surface area (TPSA) is 78.3 Å². The highest BCUT2D eigenvalue weighted by Gasteiger charge is 2.20. The number of phenolic OH excluding ortho intramolecular Hbond substituents is 1. The zero-order chi connectivity index (χ0) is 18.8. The summed E-state index contributed by atoms with van der Waals surface area (Å²) in [4.78, 5) is 9.71. The average Bonchev–Trinajstić information content (AvgIpc) is 3.14. The molecule has 0 aliphatic heterocycles. The maximum atomic E-state index is 10.7. The average molecular weight is 377 g/mol. The summed E-state index contributed by atoms with van der Waals surface area (Å²) in [5.41, 5.74) is 2.91. The Hall–Kier alpha value is -2.96. The van der Waals surface area contributed by atoms with E-state index in [4.69, 9.17) is 0 Å². The third-order valence-electron chi connectivity index (χ3n) is 4.53. The molecule has 27 heavy (non-hydrogen) atoms. The van der Waals surface area contributed by atoms with Gasteiger partial charge in [-0.1, -0.05) is 42.5 Å². The van der Waals surface area contributed by atoms with Gasteiger partial charge >= 0.3 is 0 Å². The second kappa shape index (κ2) is 7.34. The van der Waals surface area contributed by atoms with Crippen LogP contribution in [0.4, 0.5) is 5.82 Å². The Morgan fingerprint density at radius 1 is 1.00 bits per heavy atom. The summed E-state index contributed by atoms with van der Waals surface area (Å²) >= 11 is 1.58. The molecule has 0 saturated heterocycles. The van der Waals surface area contributed by atoms with E-state index in [1.807, 2.05) is 25.1 Å². The maximum Gasteiger partial charge on any atom is 0.139 e. The fourth-order valence-electron chi connectivity index (χ4n) is 3.07. The number of hydrogen-bond acceptors (Lipinski definition) is 6. The predicted molar refractivity (Wildman–Crippen MR) is 109 cm³/mol. The van der Waals surface area contributed by atoms with E-state index in [1.54, 1.807) is 35.6 Å². The highest BCUT2D eigenvalue weighted by Crippen LogP contribution is 2.37. The van der Waals surface area contributed by atoms with Crippen molar-refractivity contribution in [3.05, 3.63) is 71.9 Å². The quantitative estimate of drug-likeness (QED) is 0.474. The Bertz CT molecular complexity index is 1050. The standard InChI is InChI=1S/C21H19N3O2S/c1-13(19(26)15-7-9-16(25)10-8-15)24-20-18-17(14-5-3-2-4-6-14)11-27-21(18)23-12-22-20/h2-13,19,25-26H,1H3,(H,22,23,24)/t13-,19-/m1/s1. The Morgan fingerprint density at radius 2 is 1.74 bits per heavy atom. The van der Waals surface area contributed by atoms with Crippen LogP contribution in [0.25, 0.3) is 21.3 Å². The number of nitrogens with zero attached hydrogens (tertiary/aromatic N) is 2. The molecule has 2 heterocycles. The number of nitrogens with one attached hydrogen (secondary N) is 1. The van der Waals surface area contributed by atoms with Crippen molar-refractivity contribution in [2.45, 2.75) is 19.1 Å². The van der Waals surface area contributed by atoms with Gasteiger partial charge in [-0.15, -0.1) is 11.3 Å². The van der Waals surface area contributed by atoms with Crippen LogP contribution in [0.15, 0.2) is 66.3 Å². The smallest absolute Gasteiger partial charge is 0.139 e. The highest BCUT2D eigenvalue weighted by atomic mass is 32.1. The molecule has 5 nitrogen and oxygen atoms in total. The zero-order valence-corrected chi connectivity index (χ0v) is 15.5. The summed E-state index contributed by atoms with van der Waals surface area (Å²) in [7, 11) is 0. The first-order chi connectivity index (χ1) is 13.1. The Kier molecular flexibility index (Phi) is 4.75. The Balaban J connectivity index is 1.67. The minimum atomic E-state index is -0.741. The van der Waals surface area contributed by atoms with E-state index in [2.05, 4.69) is 32.8 Å². The van der Waals surface area contributed by atoms with Crippen LogP contribution in [0.3, 0.4) is 0 Å². The van der Waals surface area contributed by atoms with Crippen LogP contribution in [-0.2, 0) is 0 Å². The van der Waals surface area contributed by atoms with Gasteiger partial charge in [0.1, 0.15) is 22.7 Å². The fraction of sp³-hybridized carbons (Fsp3) is 0.143.